The molecule has 0 atom stereocenters. The Bertz CT molecular complexity index is 1250. The molecular weight excluding hydrogens is 365 g/mol. The number of aromatic amines is 1. The van der Waals surface area contributed by atoms with Crippen LogP contribution >= 0.6 is 0 Å². The molecule has 136 valence electrons. The number of rotatable bonds is 4. The van der Waals surface area contributed by atoms with Crippen molar-refractivity contribution >= 4 is 32.2 Å². The van der Waals surface area contributed by atoms with Gasteiger partial charge in [0.2, 0.25) is 0 Å². The van der Waals surface area contributed by atoms with E-state index in [-0.39, 0.29) is 10.7 Å². The van der Waals surface area contributed by atoms with Gasteiger partial charge in [0.05, 0.1) is 10.4 Å². The molecule has 2 N–H and O–H groups in total. The Balaban J connectivity index is 1.75. The molecule has 0 unspecified atom stereocenters. The standard InChI is InChI=1S/C20H16FN3O2S/c1-27(25,26)16-7-3-6-15(11-16)23-20-17-12-19(24-18(17)8-9-22-20)13-4-2-5-14(21)10-13/h2-12,24H,1H3,(H,22,23). The van der Waals surface area contributed by atoms with Gasteiger partial charge in [0, 0.05) is 34.8 Å². The fourth-order valence-electron chi connectivity index (χ4n) is 2.91. The third-order valence-electron chi connectivity index (χ3n) is 4.21. The van der Waals surface area contributed by atoms with E-state index in [0.29, 0.717) is 11.5 Å². The van der Waals surface area contributed by atoms with E-state index in [2.05, 4.69) is 15.3 Å². The molecular formula is C20H16FN3O2S. The number of aromatic nitrogens is 2. The topological polar surface area (TPSA) is 74.8 Å². The lowest BCUT2D eigenvalue weighted by atomic mass is 10.1. The van der Waals surface area contributed by atoms with E-state index in [1.807, 2.05) is 18.2 Å². The molecule has 0 aliphatic heterocycles. The van der Waals surface area contributed by atoms with Crippen molar-refractivity contribution in [2.75, 3.05) is 11.6 Å². The quantitative estimate of drug-likeness (QED) is 0.545. The van der Waals surface area contributed by atoms with Gasteiger partial charge in [0.25, 0.3) is 0 Å². The van der Waals surface area contributed by atoms with Crippen LogP contribution in [0.25, 0.3) is 22.2 Å². The van der Waals surface area contributed by atoms with Crippen molar-refractivity contribution in [3.63, 3.8) is 0 Å². The van der Waals surface area contributed by atoms with Crippen molar-refractivity contribution in [1.29, 1.82) is 0 Å². The predicted molar refractivity (Wildman–Crippen MR) is 104 cm³/mol. The highest BCUT2D eigenvalue weighted by molar-refractivity contribution is 7.90. The molecule has 0 fully saturated rings. The number of nitrogens with one attached hydrogen (secondary N) is 2. The summed E-state index contributed by atoms with van der Waals surface area (Å²) >= 11 is 0. The van der Waals surface area contributed by atoms with Crippen molar-refractivity contribution in [1.82, 2.24) is 9.97 Å². The number of halogens is 1. The summed E-state index contributed by atoms with van der Waals surface area (Å²) in [7, 11) is -3.30. The Hall–Kier alpha value is -3.19. The van der Waals surface area contributed by atoms with E-state index >= 15 is 0 Å². The molecule has 0 amide bonds. The highest BCUT2D eigenvalue weighted by atomic mass is 32.2. The SMILES string of the molecule is CS(=O)(=O)c1cccc(Nc2nccc3[nH]c(-c4cccc(F)c4)cc23)c1. The summed E-state index contributed by atoms with van der Waals surface area (Å²) in [5, 5.41) is 3.99. The van der Waals surface area contributed by atoms with Gasteiger partial charge in [-0.1, -0.05) is 18.2 Å². The lowest BCUT2D eigenvalue weighted by Crippen LogP contribution is -1.99. The van der Waals surface area contributed by atoms with Crippen molar-refractivity contribution in [2.45, 2.75) is 4.90 Å². The minimum absolute atomic E-state index is 0.231. The van der Waals surface area contributed by atoms with Crippen molar-refractivity contribution < 1.29 is 12.8 Å². The second-order valence-electron chi connectivity index (χ2n) is 6.24. The van der Waals surface area contributed by atoms with Crippen LogP contribution in [0.4, 0.5) is 15.9 Å². The number of hydrogen-bond donors (Lipinski definition) is 2. The van der Waals surface area contributed by atoms with Gasteiger partial charge in [-0.25, -0.2) is 17.8 Å². The summed E-state index contributed by atoms with van der Waals surface area (Å²) in [5.74, 6) is 0.275. The van der Waals surface area contributed by atoms with E-state index in [4.69, 9.17) is 0 Å². The van der Waals surface area contributed by atoms with Crippen LogP contribution in [0.15, 0.2) is 71.8 Å². The largest absolute Gasteiger partial charge is 0.354 e. The van der Waals surface area contributed by atoms with Crippen molar-refractivity contribution in [3.8, 4) is 11.3 Å². The van der Waals surface area contributed by atoms with Crippen LogP contribution in [-0.4, -0.2) is 24.6 Å². The highest BCUT2D eigenvalue weighted by Crippen LogP contribution is 2.30. The fourth-order valence-corrected chi connectivity index (χ4v) is 3.57. The van der Waals surface area contributed by atoms with Crippen LogP contribution in [-0.2, 0) is 9.84 Å². The van der Waals surface area contributed by atoms with E-state index in [9.17, 15) is 12.8 Å². The number of hydrogen-bond acceptors (Lipinski definition) is 4. The van der Waals surface area contributed by atoms with E-state index in [1.54, 1.807) is 36.5 Å². The average molecular weight is 381 g/mol. The molecule has 2 heterocycles. The van der Waals surface area contributed by atoms with E-state index in [1.165, 1.54) is 18.4 Å². The zero-order valence-electron chi connectivity index (χ0n) is 14.4. The molecule has 0 aliphatic carbocycles. The fraction of sp³-hybridized carbons (Fsp3) is 0.0500. The lowest BCUT2D eigenvalue weighted by Gasteiger charge is -2.08. The van der Waals surface area contributed by atoms with Gasteiger partial charge in [0.1, 0.15) is 11.6 Å². The Labute approximate surface area is 155 Å². The Kier molecular flexibility index (Phi) is 4.16. The van der Waals surface area contributed by atoms with Gasteiger partial charge in [-0.3, -0.25) is 0 Å². The third kappa shape index (κ3) is 3.54. The Morgan fingerprint density at radius 1 is 1.04 bits per heavy atom. The first kappa shape index (κ1) is 17.2. The maximum Gasteiger partial charge on any atom is 0.175 e. The van der Waals surface area contributed by atoms with Crippen LogP contribution in [0.5, 0.6) is 0 Å². The molecule has 2 aromatic carbocycles. The molecule has 2 aromatic heterocycles. The van der Waals surface area contributed by atoms with Crippen molar-refractivity contribution in [3.05, 3.63) is 72.7 Å². The number of fused-ring (bicyclic) bond motifs is 1. The normalized spacial score (nSPS) is 11.6. The van der Waals surface area contributed by atoms with Gasteiger partial charge >= 0.3 is 0 Å². The monoisotopic (exact) mass is 381 g/mol. The van der Waals surface area contributed by atoms with Crippen LogP contribution in [0, 0.1) is 5.82 Å². The maximum absolute atomic E-state index is 13.5. The van der Waals surface area contributed by atoms with Gasteiger partial charge in [-0.05, 0) is 42.5 Å². The summed E-state index contributed by atoms with van der Waals surface area (Å²) in [5.41, 5.74) is 2.96. The zero-order chi connectivity index (χ0) is 19.0. The number of nitrogens with zero attached hydrogens (tertiary/aromatic N) is 1. The highest BCUT2D eigenvalue weighted by Gasteiger charge is 2.11. The van der Waals surface area contributed by atoms with Crippen molar-refractivity contribution in [2.24, 2.45) is 0 Å². The molecule has 7 heteroatoms. The van der Waals surface area contributed by atoms with Gasteiger partial charge < -0.3 is 10.3 Å². The van der Waals surface area contributed by atoms with E-state index < -0.39 is 9.84 Å². The van der Waals surface area contributed by atoms with Gasteiger partial charge in [-0.15, -0.1) is 0 Å². The maximum atomic E-state index is 13.5. The predicted octanol–water partition coefficient (Wildman–Crippen LogP) is 4.52. The number of benzene rings is 2. The molecule has 0 saturated carbocycles. The Morgan fingerprint density at radius 3 is 2.63 bits per heavy atom. The minimum atomic E-state index is -3.30. The first-order valence-electron chi connectivity index (χ1n) is 8.21. The smallest absolute Gasteiger partial charge is 0.175 e. The number of anilines is 2. The first-order valence-corrected chi connectivity index (χ1v) is 10.1. The molecule has 4 rings (SSSR count). The van der Waals surface area contributed by atoms with Crippen LogP contribution in [0.2, 0.25) is 0 Å². The zero-order valence-corrected chi connectivity index (χ0v) is 15.2. The second kappa shape index (κ2) is 6.51. The molecule has 0 radical (unpaired) electrons. The Morgan fingerprint density at radius 2 is 1.85 bits per heavy atom. The van der Waals surface area contributed by atoms with Gasteiger partial charge in [-0.2, -0.15) is 0 Å². The van der Waals surface area contributed by atoms with Crippen LogP contribution < -0.4 is 5.32 Å². The van der Waals surface area contributed by atoms with Gasteiger partial charge in [0.15, 0.2) is 9.84 Å². The number of pyridine rings is 1. The van der Waals surface area contributed by atoms with Crippen LogP contribution in [0.1, 0.15) is 0 Å². The molecule has 0 bridgehead atoms. The second-order valence-corrected chi connectivity index (χ2v) is 8.25. The molecule has 0 spiro atoms. The number of H-pyrrole nitrogens is 1. The summed E-state index contributed by atoms with van der Waals surface area (Å²) in [6.07, 6.45) is 2.82. The first-order chi connectivity index (χ1) is 12.9. The third-order valence-corrected chi connectivity index (χ3v) is 5.32. The minimum Gasteiger partial charge on any atom is -0.354 e. The molecule has 0 aliphatic rings. The summed E-state index contributed by atoms with van der Waals surface area (Å²) < 4.78 is 37.0. The van der Waals surface area contributed by atoms with Crippen LogP contribution in [0.3, 0.4) is 0 Å². The van der Waals surface area contributed by atoms with E-state index in [0.717, 1.165) is 22.2 Å². The molecule has 5 nitrogen and oxygen atoms in total. The number of sulfone groups is 1. The lowest BCUT2D eigenvalue weighted by molar-refractivity contribution is 0.602. The summed E-state index contributed by atoms with van der Waals surface area (Å²) in [6.45, 7) is 0. The summed E-state index contributed by atoms with van der Waals surface area (Å²) in [6, 6.07) is 16.6. The summed E-state index contributed by atoms with van der Waals surface area (Å²) in [4.78, 5) is 7.85. The molecule has 0 saturated heterocycles. The molecule has 4 aromatic rings. The molecule has 27 heavy (non-hydrogen) atoms. The average Bonchev–Trinajstić information content (AvgIpc) is 3.07.